The van der Waals surface area contributed by atoms with Gasteiger partial charge in [0.1, 0.15) is 10.6 Å². The third-order valence-electron chi connectivity index (χ3n) is 5.15. The largest absolute Gasteiger partial charge is 0.460 e. The summed E-state index contributed by atoms with van der Waals surface area (Å²) < 4.78 is 38.4. The van der Waals surface area contributed by atoms with Gasteiger partial charge >= 0.3 is 16.3 Å². The summed E-state index contributed by atoms with van der Waals surface area (Å²) >= 11 is 1.47. The zero-order valence-electron chi connectivity index (χ0n) is 21.0. The van der Waals surface area contributed by atoms with Gasteiger partial charge in [0, 0.05) is 11.3 Å². The molecule has 1 aromatic heterocycles. The fourth-order valence-electron chi connectivity index (χ4n) is 3.39. The minimum absolute atomic E-state index is 0.191. The first-order valence-corrected chi connectivity index (χ1v) is 13.8. The van der Waals surface area contributed by atoms with Crippen LogP contribution in [0.4, 0.5) is 5.69 Å². The molecule has 3 atom stereocenters. The maximum absolute atomic E-state index is 13.1. The molecule has 1 aromatic carbocycles. The summed E-state index contributed by atoms with van der Waals surface area (Å²) in [5.41, 5.74) is 1.42. The van der Waals surface area contributed by atoms with Gasteiger partial charge in [-0.05, 0) is 57.7 Å². The number of nitrogens with zero attached hydrogens (tertiary/aromatic N) is 1. The van der Waals surface area contributed by atoms with Gasteiger partial charge in [-0.1, -0.05) is 32.9 Å². The molecule has 3 unspecified atom stereocenters. The number of thiazole rings is 1. The smallest absolute Gasteiger partial charge is 0.357 e. The normalized spacial score (nSPS) is 14.6. The average molecular weight is 526 g/mol. The summed E-state index contributed by atoms with van der Waals surface area (Å²) in [6.07, 6.45) is 1.56. The SMILES string of the molecule is CCc1csc(C(Cc2ccc(NS(=O)(=O)O)cc2)NC(=O)C(C)CC(C)C(=O)OC(C)(C)C)n1. The van der Waals surface area contributed by atoms with E-state index < -0.39 is 33.8 Å². The Hall–Kier alpha value is -2.50. The van der Waals surface area contributed by atoms with Crippen molar-refractivity contribution in [1.29, 1.82) is 0 Å². The van der Waals surface area contributed by atoms with Crippen molar-refractivity contribution in [2.75, 3.05) is 4.72 Å². The molecule has 3 N–H and O–H groups in total. The molecule has 0 aliphatic carbocycles. The highest BCUT2D eigenvalue weighted by Gasteiger charge is 2.27. The molecule has 1 amide bonds. The Morgan fingerprint density at radius 3 is 2.29 bits per heavy atom. The molecule has 2 rings (SSSR count). The molecule has 0 spiro atoms. The van der Waals surface area contributed by atoms with E-state index in [2.05, 4.69) is 10.3 Å². The predicted molar refractivity (Wildman–Crippen MR) is 136 cm³/mol. The van der Waals surface area contributed by atoms with Crippen LogP contribution in [-0.2, 0) is 37.5 Å². The second-order valence-electron chi connectivity index (χ2n) is 9.64. The summed E-state index contributed by atoms with van der Waals surface area (Å²) in [6, 6.07) is 6.11. The van der Waals surface area contributed by atoms with Crippen molar-refractivity contribution in [1.82, 2.24) is 10.3 Å². The first kappa shape index (κ1) is 28.7. The number of carbonyl (C=O) groups excluding carboxylic acids is 2. The highest BCUT2D eigenvalue weighted by Crippen LogP contribution is 2.25. The lowest BCUT2D eigenvalue weighted by molar-refractivity contribution is -0.160. The number of ether oxygens (including phenoxy) is 1. The molecular weight excluding hydrogens is 490 g/mol. The van der Waals surface area contributed by atoms with Crippen molar-refractivity contribution in [2.45, 2.75) is 72.4 Å². The quantitative estimate of drug-likeness (QED) is 0.294. The number of amides is 1. The highest BCUT2D eigenvalue weighted by molar-refractivity contribution is 7.87. The molecule has 0 aliphatic rings. The summed E-state index contributed by atoms with van der Waals surface area (Å²) in [5.74, 6) is -1.38. The Bertz CT molecular complexity index is 1110. The summed E-state index contributed by atoms with van der Waals surface area (Å²) in [4.78, 5) is 30.0. The summed E-state index contributed by atoms with van der Waals surface area (Å²) in [5, 5.41) is 5.80. The van der Waals surface area contributed by atoms with Crippen molar-refractivity contribution in [3.63, 3.8) is 0 Å². The molecule has 194 valence electrons. The summed E-state index contributed by atoms with van der Waals surface area (Å²) in [6.45, 7) is 11.0. The van der Waals surface area contributed by atoms with Crippen LogP contribution in [-0.4, -0.2) is 35.4 Å². The standard InChI is InChI=1S/C24H35N3O6S2/c1-7-18-14-34-22(25-18)20(13-17-8-10-19(11-9-17)27-35(30,31)32)26-21(28)15(2)12-16(3)23(29)33-24(4,5)6/h8-11,14-16,20,27H,7,12-13H2,1-6H3,(H,26,28)(H,30,31,32). The van der Waals surface area contributed by atoms with Crippen LogP contribution in [0, 0.1) is 11.8 Å². The number of hydrogen-bond donors (Lipinski definition) is 3. The van der Waals surface area contributed by atoms with Crippen LogP contribution < -0.4 is 10.0 Å². The molecule has 0 aliphatic heterocycles. The lowest BCUT2D eigenvalue weighted by atomic mass is 9.95. The predicted octanol–water partition coefficient (Wildman–Crippen LogP) is 4.32. The molecule has 1 heterocycles. The second-order valence-corrected chi connectivity index (χ2v) is 11.7. The van der Waals surface area contributed by atoms with Crippen LogP contribution in [0.3, 0.4) is 0 Å². The molecule has 2 aromatic rings. The van der Waals surface area contributed by atoms with Crippen LogP contribution in [0.15, 0.2) is 29.6 Å². The number of anilines is 1. The topological polar surface area (TPSA) is 135 Å². The van der Waals surface area contributed by atoms with Gasteiger partial charge in [0.15, 0.2) is 0 Å². The highest BCUT2D eigenvalue weighted by atomic mass is 32.2. The van der Waals surface area contributed by atoms with E-state index in [4.69, 9.17) is 9.29 Å². The first-order valence-electron chi connectivity index (χ1n) is 11.5. The maximum atomic E-state index is 13.1. The minimum Gasteiger partial charge on any atom is -0.460 e. The van der Waals surface area contributed by atoms with E-state index in [9.17, 15) is 18.0 Å². The number of aryl methyl sites for hydroxylation is 1. The molecule has 35 heavy (non-hydrogen) atoms. The van der Waals surface area contributed by atoms with Crippen molar-refractivity contribution in [2.24, 2.45) is 11.8 Å². The number of esters is 1. The Balaban J connectivity index is 2.13. The van der Waals surface area contributed by atoms with Gasteiger partial charge in [-0.25, -0.2) is 4.98 Å². The fraction of sp³-hybridized carbons (Fsp3) is 0.542. The van der Waals surface area contributed by atoms with E-state index in [1.165, 1.54) is 23.5 Å². The molecule has 0 saturated carbocycles. The monoisotopic (exact) mass is 525 g/mol. The fourth-order valence-corrected chi connectivity index (χ4v) is 4.78. The third kappa shape index (κ3) is 9.95. The van der Waals surface area contributed by atoms with Crippen LogP contribution in [0.25, 0.3) is 0 Å². The van der Waals surface area contributed by atoms with Crippen LogP contribution in [0.2, 0.25) is 0 Å². The van der Waals surface area contributed by atoms with Gasteiger partial charge in [-0.15, -0.1) is 11.3 Å². The Morgan fingerprint density at radius 2 is 1.77 bits per heavy atom. The average Bonchev–Trinajstić information content (AvgIpc) is 3.21. The Morgan fingerprint density at radius 1 is 1.14 bits per heavy atom. The maximum Gasteiger partial charge on any atom is 0.357 e. The summed E-state index contributed by atoms with van der Waals surface area (Å²) in [7, 11) is -4.36. The molecular formula is C24H35N3O6S2. The van der Waals surface area contributed by atoms with Crippen molar-refractivity contribution in [3.05, 3.63) is 45.9 Å². The third-order valence-corrected chi connectivity index (χ3v) is 6.65. The van der Waals surface area contributed by atoms with Crippen LogP contribution >= 0.6 is 11.3 Å². The molecule has 0 fully saturated rings. The molecule has 0 radical (unpaired) electrons. The number of hydrogen-bond acceptors (Lipinski definition) is 7. The molecule has 11 heteroatoms. The van der Waals surface area contributed by atoms with E-state index in [-0.39, 0.29) is 17.6 Å². The van der Waals surface area contributed by atoms with Gasteiger partial charge < -0.3 is 10.1 Å². The van der Waals surface area contributed by atoms with E-state index in [1.54, 1.807) is 26.0 Å². The van der Waals surface area contributed by atoms with Crippen molar-refractivity contribution < 1.29 is 27.3 Å². The molecule has 9 nitrogen and oxygen atoms in total. The van der Waals surface area contributed by atoms with Crippen LogP contribution in [0.5, 0.6) is 0 Å². The lowest BCUT2D eigenvalue weighted by Crippen LogP contribution is -2.36. The molecule has 0 saturated heterocycles. The zero-order chi connectivity index (χ0) is 26.4. The van der Waals surface area contributed by atoms with Gasteiger partial charge in [0.25, 0.3) is 0 Å². The molecule has 0 bridgehead atoms. The number of nitrogens with one attached hydrogen (secondary N) is 2. The number of benzene rings is 1. The second kappa shape index (κ2) is 12.0. The number of aromatic nitrogens is 1. The van der Waals surface area contributed by atoms with Gasteiger partial charge in [0.05, 0.1) is 23.3 Å². The van der Waals surface area contributed by atoms with E-state index >= 15 is 0 Å². The number of rotatable bonds is 11. The Kier molecular flexibility index (Phi) is 9.82. The van der Waals surface area contributed by atoms with E-state index in [0.29, 0.717) is 12.8 Å². The van der Waals surface area contributed by atoms with Gasteiger partial charge in [-0.3, -0.25) is 18.9 Å². The van der Waals surface area contributed by atoms with Crippen LogP contribution in [0.1, 0.15) is 70.3 Å². The lowest BCUT2D eigenvalue weighted by Gasteiger charge is -2.24. The first-order chi connectivity index (χ1) is 16.2. The van der Waals surface area contributed by atoms with Gasteiger partial charge in [0.2, 0.25) is 5.91 Å². The van der Waals surface area contributed by atoms with Crippen molar-refractivity contribution in [3.8, 4) is 0 Å². The minimum atomic E-state index is -4.36. The van der Waals surface area contributed by atoms with Crippen molar-refractivity contribution >= 4 is 39.2 Å². The van der Waals surface area contributed by atoms with E-state index in [0.717, 1.165) is 22.7 Å². The Labute approximate surface area is 211 Å². The number of carbonyl (C=O) groups is 2. The van der Waals surface area contributed by atoms with E-state index in [1.807, 2.05) is 37.8 Å². The zero-order valence-corrected chi connectivity index (χ0v) is 22.6. The van der Waals surface area contributed by atoms with Gasteiger partial charge in [-0.2, -0.15) is 8.42 Å².